The van der Waals surface area contributed by atoms with Crippen LogP contribution in [0.15, 0.2) is 115 Å². The summed E-state index contributed by atoms with van der Waals surface area (Å²) in [7, 11) is 0. The van der Waals surface area contributed by atoms with Crippen molar-refractivity contribution in [1.29, 1.82) is 0 Å². The standard InChI is InChI=1S/C32H25BN2/c1-22-16-18-26-30(20-22)34(24-10-5-3-6-11-24)28-14-9-15-29-32(28)33(26)27-19-17-23(2)21-31(27)35(29)25-12-7-4-8-13-25/h3-21H,1-2H3. The van der Waals surface area contributed by atoms with E-state index in [9.17, 15) is 0 Å². The number of aryl methyl sites for hydroxylation is 2. The van der Waals surface area contributed by atoms with E-state index in [2.05, 4.69) is 139 Å². The van der Waals surface area contributed by atoms with Crippen molar-refractivity contribution in [2.75, 3.05) is 9.80 Å². The highest BCUT2D eigenvalue weighted by Gasteiger charge is 2.42. The van der Waals surface area contributed by atoms with Crippen molar-refractivity contribution in [2.45, 2.75) is 13.8 Å². The molecule has 2 aliphatic heterocycles. The molecule has 5 aromatic carbocycles. The molecule has 0 saturated carbocycles. The topological polar surface area (TPSA) is 6.48 Å². The van der Waals surface area contributed by atoms with Gasteiger partial charge in [0.15, 0.2) is 0 Å². The highest BCUT2D eigenvalue weighted by molar-refractivity contribution is 7.00. The van der Waals surface area contributed by atoms with Gasteiger partial charge in [-0.05, 0) is 89.9 Å². The number of benzene rings is 5. The van der Waals surface area contributed by atoms with Crippen LogP contribution in [-0.2, 0) is 0 Å². The monoisotopic (exact) mass is 448 g/mol. The second-order valence-electron chi connectivity index (χ2n) is 9.61. The maximum atomic E-state index is 2.44. The Balaban J connectivity index is 1.59. The largest absolute Gasteiger partial charge is 0.311 e. The van der Waals surface area contributed by atoms with Crippen LogP contribution in [0.25, 0.3) is 0 Å². The summed E-state index contributed by atoms with van der Waals surface area (Å²) < 4.78 is 0. The van der Waals surface area contributed by atoms with Crippen molar-refractivity contribution >= 4 is 57.2 Å². The van der Waals surface area contributed by atoms with E-state index in [1.165, 1.54) is 61.6 Å². The molecule has 0 aliphatic carbocycles. The molecule has 0 spiro atoms. The van der Waals surface area contributed by atoms with Crippen molar-refractivity contribution in [3.8, 4) is 0 Å². The maximum absolute atomic E-state index is 2.44. The van der Waals surface area contributed by atoms with Crippen LogP contribution >= 0.6 is 0 Å². The van der Waals surface area contributed by atoms with E-state index in [0.29, 0.717) is 0 Å². The second kappa shape index (κ2) is 7.64. The number of fused-ring (bicyclic) bond motifs is 4. The van der Waals surface area contributed by atoms with Crippen molar-refractivity contribution in [2.24, 2.45) is 0 Å². The van der Waals surface area contributed by atoms with Gasteiger partial charge in [0, 0.05) is 34.1 Å². The van der Waals surface area contributed by atoms with E-state index in [4.69, 9.17) is 0 Å². The molecule has 166 valence electrons. The summed E-state index contributed by atoms with van der Waals surface area (Å²) in [5.41, 5.74) is 14.1. The summed E-state index contributed by atoms with van der Waals surface area (Å²) in [5, 5.41) is 0. The quantitative estimate of drug-likeness (QED) is 0.283. The lowest BCUT2D eigenvalue weighted by molar-refractivity contribution is 1.24. The van der Waals surface area contributed by atoms with Gasteiger partial charge in [0.05, 0.1) is 0 Å². The van der Waals surface area contributed by atoms with Crippen LogP contribution in [-0.4, -0.2) is 6.71 Å². The number of hydrogen-bond acceptors (Lipinski definition) is 2. The number of anilines is 6. The van der Waals surface area contributed by atoms with Crippen molar-refractivity contribution in [1.82, 2.24) is 0 Å². The molecule has 0 aromatic heterocycles. The second-order valence-corrected chi connectivity index (χ2v) is 9.61. The van der Waals surface area contributed by atoms with Gasteiger partial charge in [0.2, 0.25) is 0 Å². The zero-order valence-electron chi connectivity index (χ0n) is 19.9. The highest BCUT2D eigenvalue weighted by atomic mass is 15.2. The molecule has 0 radical (unpaired) electrons. The van der Waals surface area contributed by atoms with Crippen LogP contribution in [0.4, 0.5) is 34.1 Å². The molecule has 0 N–H and O–H groups in total. The van der Waals surface area contributed by atoms with Crippen LogP contribution in [0.3, 0.4) is 0 Å². The fourth-order valence-electron chi connectivity index (χ4n) is 5.86. The number of rotatable bonds is 2. The van der Waals surface area contributed by atoms with Crippen LogP contribution in [0.1, 0.15) is 11.1 Å². The average molecular weight is 448 g/mol. The SMILES string of the molecule is Cc1ccc2c(c1)N(c1ccccc1)c1cccc3c1B2c1ccc(C)cc1N3c1ccccc1. The normalized spacial score (nSPS) is 13.3. The zero-order chi connectivity index (χ0) is 23.5. The van der Waals surface area contributed by atoms with Crippen LogP contribution in [0, 0.1) is 13.8 Å². The lowest BCUT2D eigenvalue weighted by atomic mass is 9.33. The van der Waals surface area contributed by atoms with E-state index in [0.717, 1.165) is 0 Å². The molecule has 0 amide bonds. The van der Waals surface area contributed by atoms with E-state index in [-0.39, 0.29) is 6.71 Å². The van der Waals surface area contributed by atoms with E-state index < -0.39 is 0 Å². The van der Waals surface area contributed by atoms with Crippen molar-refractivity contribution in [3.63, 3.8) is 0 Å². The maximum Gasteiger partial charge on any atom is 0.252 e. The molecule has 2 nitrogen and oxygen atoms in total. The number of para-hydroxylation sites is 2. The van der Waals surface area contributed by atoms with Gasteiger partial charge in [-0.15, -0.1) is 0 Å². The highest BCUT2D eigenvalue weighted by Crippen LogP contribution is 2.43. The average Bonchev–Trinajstić information content (AvgIpc) is 2.89. The molecule has 0 bridgehead atoms. The summed E-state index contributed by atoms with van der Waals surface area (Å²) in [4.78, 5) is 4.89. The van der Waals surface area contributed by atoms with Gasteiger partial charge in [0.25, 0.3) is 6.71 Å². The van der Waals surface area contributed by atoms with Crippen LogP contribution in [0.5, 0.6) is 0 Å². The van der Waals surface area contributed by atoms with Crippen molar-refractivity contribution in [3.05, 3.63) is 126 Å². The summed E-state index contributed by atoms with van der Waals surface area (Å²) in [6, 6.07) is 42.2. The Morgan fingerprint density at radius 3 is 1.37 bits per heavy atom. The molecule has 3 heteroatoms. The zero-order valence-corrected chi connectivity index (χ0v) is 19.9. The van der Waals surface area contributed by atoms with Gasteiger partial charge in [-0.3, -0.25) is 0 Å². The van der Waals surface area contributed by atoms with Gasteiger partial charge in [0.1, 0.15) is 0 Å². The summed E-state index contributed by atoms with van der Waals surface area (Å²) in [6.45, 7) is 4.56. The Kier molecular flexibility index (Phi) is 4.40. The van der Waals surface area contributed by atoms with E-state index >= 15 is 0 Å². The lowest BCUT2D eigenvalue weighted by Crippen LogP contribution is -2.61. The Morgan fingerprint density at radius 1 is 0.457 bits per heavy atom. The Hall–Kier alpha value is -4.24. The van der Waals surface area contributed by atoms with Gasteiger partial charge in [-0.1, -0.05) is 66.7 Å². The molecule has 0 fully saturated rings. The van der Waals surface area contributed by atoms with E-state index in [1.54, 1.807) is 0 Å². The predicted octanol–water partition coefficient (Wildman–Crippen LogP) is 6.39. The Bertz CT molecular complexity index is 1460. The molecular formula is C32H25BN2. The third-order valence-corrected chi connectivity index (χ3v) is 7.34. The fourth-order valence-corrected chi connectivity index (χ4v) is 5.86. The first-order valence-electron chi connectivity index (χ1n) is 12.2. The first-order valence-corrected chi connectivity index (χ1v) is 12.2. The van der Waals surface area contributed by atoms with Crippen LogP contribution < -0.4 is 26.2 Å². The molecule has 0 saturated heterocycles. The summed E-state index contributed by atoms with van der Waals surface area (Å²) >= 11 is 0. The third-order valence-electron chi connectivity index (χ3n) is 7.34. The first kappa shape index (κ1) is 20.2. The molecule has 0 atom stereocenters. The minimum Gasteiger partial charge on any atom is -0.311 e. The predicted molar refractivity (Wildman–Crippen MR) is 150 cm³/mol. The van der Waals surface area contributed by atoms with Crippen molar-refractivity contribution < 1.29 is 0 Å². The van der Waals surface area contributed by atoms with Gasteiger partial charge < -0.3 is 9.80 Å². The molecule has 2 heterocycles. The fraction of sp³-hybridized carbons (Fsp3) is 0.0625. The van der Waals surface area contributed by atoms with Gasteiger partial charge in [-0.25, -0.2) is 0 Å². The smallest absolute Gasteiger partial charge is 0.252 e. The minimum absolute atomic E-state index is 0.187. The Morgan fingerprint density at radius 2 is 0.914 bits per heavy atom. The third kappa shape index (κ3) is 2.98. The molecule has 0 unspecified atom stereocenters. The molecule has 35 heavy (non-hydrogen) atoms. The van der Waals surface area contributed by atoms with E-state index in [1.807, 2.05) is 0 Å². The minimum atomic E-state index is 0.187. The number of hydrogen-bond donors (Lipinski definition) is 0. The molecule has 7 rings (SSSR count). The van der Waals surface area contributed by atoms with Gasteiger partial charge >= 0.3 is 0 Å². The Labute approximate surface area is 207 Å². The first-order chi connectivity index (χ1) is 17.2. The summed E-state index contributed by atoms with van der Waals surface area (Å²) in [6.07, 6.45) is 0. The van der Waals surface area contributed by atoms with Gasteiger partial charge in [-0.2, -0.15) is 0 Å². The number of nitrogens with zero attached hydrogens (tertiary/aromatic N) is 2. The van der Waals surface area contributed by atoms with Crippen LogP contribution in [0.2, 0.25) is 0 Å². The molecular weight excluding hydrogens is 423 g/mol. The molecule has 5 aromatic rings. The summed E-state index contributed by atoms with van der Waals surface area (Å²) in [5.74, 6) is 0. The lowest BCUT2D eigenvalue weighted by Gasteiger charge is -2.44. The molecule has 2 aliphatic rings.